The third-order valence-electron chi connectivity index (χ3n) is 1.79. The molecule has 1 atom stereocenters. The summed E-state index contributed by atoms with van der Waals surface area (Å²) in [5, 5.41) is 2.27. The Labute approximate surface area is 97.8 Å². The van der Waals surface area contributed by atoms with Crippen molar-refractivity contribution in [2.45, 2.75) is 5.38 Å². The zero-order chi connectivity index (χ0) is 12.0. The number of hydrogen-bond donors (Lipinski definition) is 1. The number of methoxy groups -OCH3 is 1. The Morgan fingerprint density at radius 3 is 3.00 bits per heavy atom. The van der Waals surface area contributed by atoms with Crippen LogP contribution in [0.2, 0.25) is 0 Å². The molecule has 0 fully saturated rings. The minimum atomic E-state index is -0.480. The summed E-state index contributed by atoms with van der Waals surface area (Å²) in [5.74, 6) is -0.868. The highest BCUT2D eigenvalue weighted by atomic mass is 35.5. The van der Waals surface area contributed by atoms with Crippen molar-refractivity contribution in [3.05, 3.63) is 29.8 Å². The summed E-state index contributed by atoms with van der Waals surface area (Å²) in [6.45, 7) is 0.617. The zero-order valence-electron chi connectivity index (χ0n) is 8.74. The predicted octanol–water partition coefficient (Wildman–Crippen LogP) is 1.20. The summed E-state index contributed by atoms with van der Waals surface area (Å²) in [5.41, 5.74) is 0.155. The molecule has 0 aliphatic carbocycles. The highest BCUT2D eigenvalue weighted by molar-refractivity contribution is 6.21. The molecule has 6 heteroatoms. The largest absolute Gasteiger partial charge is 0.383 e. The van der Waals surface area contributed by atoms with E-state index >= 15 is 0 Å². The first-order chi connectivity index (χ1) is 7.63. The molecule has 0 radical (unpaired) electrons. The molecular weight excluding hydrogens is 235 g/mol. The third kappa shape index (κ3) is 4.12. The van der Waals surface area contributed by atoms with Gasteiger partial charge in [0.1, 0.15) is 11.5 Å². The smallest absolute Gasteiger partial charge is 0.269 e. The molecule has 1 unspecified atom stereocenters. The van der Waals surface area contributed by atoms with Gasteiger partial charge in [0.2, 0.25) is 0 Å². The van der Waals surface area contributed by atoms with Gasteiger partial charge in [0.05, 0.1) is 18.2 Å². The Morgan fingerprint density at radius 1 is 1.69 bits per heavy atom. The van der Waals surface area contributed by atoms with Gasteiger partial charge in [-0.3, -0.25) is 4.79 Å². The normalized spacial score (nSPS) is 12.2. The van der Waals surface area contributed by atoms with Gasteiger partial charge in [-0.05, 0) is 12.1 Å². The van der Waals surface area contributed by atoms with Gasteiger partial charge in [0.25, 0.3) is 5.91 Å². The number of aromatic nitrogens is 1. The predicted molar refractivity (Wildman–Crippen MR) is 58.0 cm³/mol. The van der Waals surface area contributed by atoms with Crippen LogP contribution in [0.25, 0.3) is 0 Å². The molecule has 0 aliphatic rings. The lowest BCUT2D eigenvalue weighted by Crippen LogP contribution is -2.32. The SMILES string of the molecule is COCC(Cl)CNC(=O)c1ccc(F)cn1. The Balaban J connectivity index is 2.43. The lowest BCUT2D eigenvalue weighted by molar-refractivity contribution is 0.0944. The first-order valence-electron chi connectivity index (χ1n) is 4.66. The molecular formula is C10H12ClFN2O2. The van der Waals surface area contributed by atoms with E-state index in [-0.39, 0.29) is 23.5 Å². The number of halogens is 2. The molecule has 1 aromatic heterocycles. The van der Waals surface area contributed by atoms with E-state index in [1.165, 1.54) is 19.2 Å². The Hall–Kier alpha value is -1.20. The first-order valence-corrected chi connectivity index (χ1v) is 5.10. The summed E-state index contributed by atoms with van der Waals surface area (Å²) in [7, 11) is 1.53. The van der Waals surface area contributed by atoms with Crippen molar-refractivity contribution >= 4 is 17.5 Å². The van der Waals surface area contributed by atoms with Gasteiger partial charge < -0.3 is 10.1 Å². The van der Waals surface area contributed by atoms with Gasteiger partial charge in [0.15, 0.2) is 0 Å². The number of hydrogen-bond acceptors (Lipinski definition) is 3. The van der Waals surface area contributed by atoms with Crippen LogP contribution in [0.1, 0.15) is 10.5 Å². The number of pyridine rings is 1. The lowest BCUT2D eigenvalue weighted by Gasteiger charge is -2.09. The molecule has 1 N–H and O–H groups in total. The van der Waals surface area contributed by atoms with Crippen LogP contribution in [-0.2, 0) is 4.74 Å². The maximum Gasteiger partial charge on any atom is 0.269 e. The molecule has 4 nitrogen and oxygen atoms in total. The summed E-state index contributed by atoms with van der Waals surface area (Å²) < 4.78 is 17.3. The zero-order valence-corrected chi connectivity index (χ0v) is 9.50. The fourth-order valence-corrected chi connectivity index (χ4v) is 1.25. The van der Waals surface area contributed by atoms with E-state index in [0.717, 1.165) is 6.20 Å². The van der Waals surface area contributed by atoms with Crippen LogP contribution in [0.15, 0.2) is 18.3 Å². The topological polar surface area (TPSA) is 51.2 Å². The van der Waals surface area contributed by atoms with Crippen LogP contribution in [-0.4, -0.2) is 36.5 Å². The molecule has 1 rings (SSSR count). The Kier molecular flexibility index (Phi) is 5.14. The average molecular weight is 247 g/mol. The number of ether oxygens (including phenoxy) is 1. The van der Waals surface area contributed by atoms with Crippen LogP contribution in [0, 0.1) is 5.82 Å². The van der Waals surface area contributed by atoms with Gasteiger partial charge in [-0.1, -0.05) is 0 Å². The number of amides is 1. The molecule has 88 valence electrons. The van der Waals surface area contributed by atoms with E-state index in [1.807, 2.05) is 0 Å². The Morgan fingerprint density at radius 2 is 2.44 bits per heavy atom. The molecule has 1 heterocycles. The van der Waals surface area contributed by atoms with E-state index in [0.29, 0.717) is 6.61 Å². The van der Waals surface area contributed by atoms with Gasteiger partial charge in [-0.25, -0.2) is 9.37 Å². The average Bonchev–Trinajstić information content (AvgIpc) is 2.27. The second-order valence-corrected chi connectivity index (χ2v) is 3.74. The van der Waals surface area contributed by atoms with E-state index in [9.17, 15) is 9.18 Å². The molecule has 0 bridgehead atoms. The van der Waals surface area contributed by atoms with E-state index in [1.54, 1.807) is 0 Å². The van der Waals surface area contributed by atoms with Gasteiger partial charge in [-0.15, -0.1) is 11.6 Å². The van der Waals surface area contributed by atoms with Crippen molar-refractivity contribution in [1.29, 1.82) is 0 Å². The van der Waals surface area contributed by atoms with Gasteiger partial charge >= 0.3 is 0 Å². The van der Waals surface area contributed by atoms with Crippen LogP contribution < -0.4 is 5.32 Å². The van der Waals surface area contributed by atoms with Crippen molar-refractivity contribution in [3.8, 4) is 0 Å². The fraction of sp³-hybridized carbons (Fsp3) is 0.400. The summed E-state index contributed by atoms with van der Waals surface area (Å²) >= 11 is 5.82. The molecule has 0 saturated heterocycles. The number of carbonyl (C=O) groups excluding carboxylic acids is 1. The Bertz CT molecular complexity index is 345. The number of nitrogens with one attached hydrogen (secondary N) is 1. The van der Waals surface area contributed by atoms with Crippen molar-refractivity contribution < 1.29 is 13.9 Å². The molecule has 0 aromatic carbocycles. The third-order valence-corrected chi connectivity index (χ3v) is 2.07. The molecule has 16 heavy (non-hydrogen) atoms. The number of carbonyl (C=O) groups is 1. The first kappa shape index (κ1) is 12.9. The van der Waals surface area contributed by atoms with Crippen molar-refractivity contribution in [2.75, 3.05) is 20.3 Å². The second-order valence-electron chi connectivity index (χ2n) is 3.12. The summed E-state index contributed by atoms with van der Waals surface area (Å²) in [6.07, 6.45) is 0.988. The highest BCUT2D eigenvalue weighted by Gasteiger charge is 2.09. The van der Waals surface area contributed by atoms with Gasteiger partial charge in [-0.2, -0.15) is 0 Å². The quantitative estimate of drug-likeness (QED) is 0.795. The van der Waals surface area contributed by atoms with Crippen molar-refractivity contribution in [3.63, 3.8) is 0 Å². The van der Waals surface area contributed by atoms with E-state index in [2.05, 4.69) is 10.3 Å². The summed E-state index contributed by atoms with van der Waals surface area (Å²) in [6, 6.07) is 2.49. The van der Waals surface area contributed by atoms with Crippen LogP contribution in [0.3, 0.4) is 0 Å². The second kappa shape index (κ2) is 6.40. The molecule has 0 saturated carbocycles. The number of rotatable bonds is 5. The lowest BCUT2D eigenvalue weighted by atomic mass is 10.3. The number of alkyl halides is 1. The molecule has 1 aromatic rings. The van der Waals surface area contributed by atoms with Gasteiger partial charge in [0, 0.05) is 13.7 Å². The van der Waals surface area contributed by atoms with Crippen LogP contribution in [0.5, 0.6) is 0 Å². The minimum Gasteiger partial charge on any atom is -0.383 e. The van der Waals surface area contributed by atoms with E-state index in [4.69, 9.17) is 16.3 Å². The van der Waals surface area contributed by atoms with Crippen molar-refractivity contribution in [1.82, 2.24) is 10.3 Å². The van der Waals surface area contributed by atoms with Crippen LogP contribution >= 0.6 is 11.6 Å². The minimum absolute atomic E-state index is 0.155. The van der Waals surface area contributed by atoms with E-state index < -0.39 is 5.82 Å². The van der Waals surface area contributed by atoms with Crippen molar-refractivity contribution in [2.24, 2.45) is 0 Å². The maximum absolute atomic E-state index is 12.5. The monoisotopic (exact) mass is 246 g/mol. The standard InChI is InChI=1S/C10H12ClFN2O2/c1-16-6-7(11)4-14-10(15)9-3-2-8(12)5-13-9/h2-3,5,7H,4,6H2,1H3,(H,14,15). The highest BCUT2D eigenvalue weighted by Crippen LogP contribution is 1.99. The fourth-order valence-electron chi connectivity index (χ4n) is 1.04. The van der Waals surface area contributed by atoms with Crippen LogP contribution in [0.4, 0.5) is 4.39 Å². The summed E-state index contributed by atoms with van der Waals surface area (Å²) in [4.78, 5) is 15.1. The molecule has 0 aliphatic heterocycles. The number of nitrogens with zero attached hydrogens (tertiary/aromatic N) is 1. The molecule has 1 amide bonds. The maximum atomic E-state index is 12.5. The molecule has 0 spiro atoms.